The van der Waals surface area contributed by atoms with Gasteiger partial charge in [0.15, 0.2) is 11.2 Å². The molecule has 0 amide bonds. The number of fused-ring (bicyclic) bond motifs is 1. The van der Waals surface area contributed by atoms with Crippen LogP contribution in [0.3, 0.4) is 0 Å². The van der Waals surface area contributed by atoms with Crippen molar-refractivity contribution in [3.05, 3.63) is 62.0 Å². The van der Waals surface area contributed by atoms with E-state index in [-0.39, 0.29) is 34.4 Å². The normalized spacial score (nSPS) is 18.3. The molecule has 3 heterocycles. The molecule has 1 saturated heterocycles. The zero-order chi connectivity index (χ0) is 20.8. The second kappa shape index (κ2) is 7.78. The second-order valence-corrected chi connectivity index (χ2v) is 8.24. The summed E-state index contributed by atoms with van der Waals surface area (Å²) in [5.74, 6) is -0.517. The zero-order valence-electron chi connectivity index (χ0n) is 15.6. The summed E-state index contributed by atoms with van der Waals surface area (Å²) in [6.07, 6.45) is 2.72. The number of hydrogen-bond donors (Lipinski definition) is 0. The van der Waals surface area contributed by atoms with E-state index in [4.69, 9.17) is 49.0 Å². The number of hydrogen-bond acceptors (Lipinski definition) is 5. The van der Waals surface area contributed by atoms with Gasteiger partial charge in [-0.3, -0.25) is 4.79 Å². The summed E-state index contributed by atoms with van der Waals surface area (Å²) in [6, 6.07) is 6.55. The van der Waals surface area contributed by atoms with Gasteiger partial charge in [-0.1, -0.05) is 40.9 Å². The molecule has 2 aromatic heterocycles. The molecule has 0 N–H and O–H groups in total. The molecule has 9 heteroatoms. The van der Waals surface area contributed by atoms with Crippen molar-refractivity contribution in [1.82, 2.24) is 9.55 Å². The molecule has 0 spiro atoms. The molecule has 29 heavy (non-hydrogen) atoms. The van der Waals surface area contributed by atoms with Crippen molar-refractivity contribution in [3.8, 4) is 11.6 Å². The van der Waals surface area contributed by atoms with Crippen LogP contribution in [-0.2, 0) is 9.47 Å². The smallest absolute Gasteiger partial charge is 0.227 e. The number of benzene rings is 1. The average Bonchev–Trinajstić information content (AvgIpc) is 3.01. The summed E-state index contributed by atoms with van der Waals surface area (Å²) >= 11 is 19.1. The highest BCUT2D eigenvalue weighted by Crippen LogP contribution is 2.34. The lowest BCUT2D eigenvalue weighted by Crippen LogP contribution is -2.25. The van der Waals surface area contributed by atoms with E-state index in [1.165, 1.54) is 12.3 Å². The molecular weight excluding hydrogens is 439 g/mol. The van der Waals surface area contributed by atoms with Gasteiger partial charge in [-0.15, -0.1) is 0 Å². The second-order valence-electron chi connectivity index (χ2n) is 7.02. The van der Waals surface area contributed by atoms with Gasteiger partial charge in [0.2, 0.25) is 5.88 Å². The lowest BCUT2D eigenvalue weighted by molar-refractivity contribution is -0.141. The van der Waals surface area contributed by atoms with Crippen LogP contribution < -0.4 is 10.2 Å². The quantitative estimate of drug-likeness (QED) is 0.561. The van der Waals surface area contributed by atoms with Crippen molar-refractivity contribution in [2.45, 2.75) is 25.7 Å². The number of nitrogens with zero attached hydrogens (tertiary/aromatic N) is 2. The SMILES string of the molecule is CC1(C)OCC(COc2ncc(Cl)c3c2c(=O)ccn3-c2c(Cl)cccc2Cl)O1. The van der Waals surface area contributed by atoms with Crippen LogP contribution in [0.25, 0.3) is 16.6 Å². The van der Waals surface area contributed by atoms with E-state index in [0.717, 1.165) is 0 Å². The van der Waals surface area contributed by atoms with Crippen molar-refractivity contribution in [1.29, 1.82) is 0 Å². The maximum Gasteiger partial charge on any atom is 0.227 e. The number of pyridine rings is 2. The molecule has 0 aliphatic carbocycles. The number of para-hydroxylation sites is 1. The van der Waals surface area contributed by atoms with Crippen LogP contribution in [0.2, 0.25) is 15.1 Å². The topological polar surface area (TPSA) is 62.6 Å². The summed E-state index contributed by atoms with van der Waals surface area (Å²) in [5, 5.41) is 1.32. The van der Waals surface area contributed by atoms with Gasteiger partial charge in [-0.2, -0.15) is 0 Å². The molecule has 0 bridgehead atoms. The first-order chi connectivity index (χ1) is 13.8. The highest BCUT2D eigenvalue weighted by molar-refractivity contribution is 6.38. The van der Waals surface area contributed by atoms with Gasteiger partial charge in [0.05, 0.1) is 39.1 Å². The van der Waals surface area contributed by atoms with E-state index in [1.54, 1.807) is 29.0 Å². The molecular formula is C20H17Cl3N2O4. The van der Waals surface area contributed by atoms with Crippen molar-refractivity contribution in [3.63, 3.8) is 0 Å². The maximum atomic E-state index is 12.7. The molecule has 6 nitrogen and oxygen atoms in total. The predicted molar refractivity (Wildman–Crippen MR) is 113 cm³/mol. The number of halogens is 3. The molecule has 0 radical (unpaired) electrons. The van der Waals surface area contributed by atoms with Crippen LogP contribution in [-0.4, -0.2) is 34.7 Å². The molecule has 1 atom stereocenters. The highest BCUT2D eigenvalue weighted by atomic mass is 35.5. The van der Waals surface area contributed by atoms with Gasteiger partial charge in [0.25, 0.3) is 0 Å². The fourth-order valence-electron chi connectivity index (χ4n) is 3.25. The summed E-state index contributed by atoms with van der Waals surface area (Å²) in [7, 11) is 0. The first-order valence-electron chi connectivity index (χ1n) is 8.85. The van der Waals surface area contributed by atoms with E-state index in [9.17, 15) is 4.79 Å². The lowest BCUT2D eigenvalue weighted by Gasteiger charge is -2.18. The van der Waals surface area contributed by atoms with E-state index < -0.39 is 5.79 Å². The number of ether oxygens (including phenoxy) is 3. The van der Waals surface area contributed by atoms with Crippen molar-refractivity contribution in [2.24, 2.45) is 0 Å². The lowest BCUT2D eigenvalue weighted by atomic mass is 10.2. The molecule has 1 fully saturated rings. The van der Waals surface area contributed by atoms with Crippen LogP contribution in [0.5, 0.6) is 5.88 Å². The van der Waals surface area contributed by atoms with Crippen LogP contribution in [0.4, 0.5) is 0 Å². The molecule has 1 aromatic carbocycles. The molecule has 3 aromatic rings. The fourth-order valence-corrected chi connectivity index (χ4v) is 4.07. The Morgan fingerprint density at radius 2 is 1.93 bits per heavy atom. The third-order valence-corrected chi connectivity index (χ3v) is 5.37. The highest BCUT2D eigenvalue weighted by Gasteiger charge is 2.33. The Morgan fingerprint density at radius 3 is 2.59 bits per heavy atom. The van der Waals surface area contributed by atoms with E-state index in [1.807, 2.05) is 13.8 Å². The van der Waals surface area contributed by atoms with Gasteiger partial charge in [0.1, 0.15) is 18.1 Å². The number of aromatic nitrogens is 2. The van der Waals surface area contributed by atoms with E-state index >= 15 is 0 Å². The Morgan fingerprint density at radius 1 is 1.21 bits per heavy atom. The molecule has 1 unspecified atom stereocenters. The van der Waals surface area contributed by atoms with Crippen molar-refractivity contribution < 1.29 is 14.2 Å². The Balaban J connectivity index is 1.81. The Labute approximate surface area is 181 Å². The standard InChI is InChI=1S/C20H17Cl3N2O4/c1-20(2)28-10-11(29-20)9-27-19-16-15(26)6-7-25(18(16)14(23)8-24-19)17-12(21)4-3-5-13(17)22/h3-8,11H,9-10H2,1-2H3. The molecule has 4 rings (SSSR count). The molecule has 152 valence electrons. The average molecular weight is 456 g/mol. The van der Waals surface area contributed by atoms with Crippen LogP contribution >= 0.6 is 34.8 Å². The minimum Gasteiger partial charge on any atom is -0.474 e. The van der Waals surface area contributed by atoms with Gasteiger partial charge in [-0.25, -0.2) is 4.98 Å². The van der Waals surface area contributed by atoms with Gasteiger partial charge < -0.3 is 18.8 Å². The molecule has 1 aliphatic rings. The minimum atomic E-state index is -0.670. The van der Waals surface area contributed by atoms with E-state index in [0.29, 0.717) is 27.9 Å². The van der Waals surface area contributed by atoms with Crippen LogP contribution in [0, 0.1) is 0 Å². The summed E-state index contributed by atoms with van der Waals surface area (Å²) in [5.41, 5.74) is 0.630. The van der Waals surface area contributed by atoms with Gasteiger partial charge in [0, 0.05) is 12.3 Å². The van der Waals surface area contributed by atoms with E-state index in [2.05, 4.69) is 4.98 Å². The predicted octanol–water partition coefficient (Wildman–Crippen LogP) is 4.88. The summed E-state index contributed by atoms with van der Waals surface area (Å²) < 4.78 is 18.8. The Kier molecular flexibility index (Phi) is 5.48. The van der Waals surface area contributed by atoms with Gasteiger partial charge >= 0.3 is 0 Å². The van der Waals surface area contributed by atoms with Crippen molar-refractivity contribution >= 4 is 45.7 Å². The number of rotatable bonds is 4. The third-order valence-electron chi connectivity index (χ3n) is 4.49. The third kappa shape index (κ3) is 3.96. The first kappa shape index (κ1) is 20.4. The Bertz CT molecular complexity index is 1130. The fraction of sp³-hybridized carbons (Fsp3) is 0.300. The maximum absolute atomic E-state index is 12.7. The Hall–Kier alpha value is -1.83. The minimum absolute atomic E-state index is 0.153. The first-order valence-corrected chi connectivity index (χ1v) is 9.99. The molecule has 0 saturated carbocycles. The van der Waals surface area contributed by atoms with Gasteiger partial charge in [-0.05, 0) is 26.0 Å². The largest absolute Gasteiger partial charge is 0.474 e. The van der Waals surface area contributed by atoms with Crippen LogP contribution in [0.15, 0.2) is 41.5 Å². The zero-order valence-corrected chi connectivity index (χ0v) is 17.9. The monoisotopic (exact) mass is 454 g/mol. The van der Waals surface area contributed by atoms with Crippen molar-refractivity contribution in [2.75, 3.05) is 13.2 Å². The van der Waals surface area contributed by atoms with Crippen LogP contribution in [0.1, 0.15) is 13.8 Å². The summed E-state index contributed by atoms with van der Waals surface area (Å²) in [6.45, 7) is 4.22. The summed E-state index contributed by atoms with van der Waals surface area (Å²) in [4.78, 5) is 16.9. The molecule has 1 aliphatic heterocycles.